The molecule has 4 atom stereocenters. The van der Waals surface area contributed by atoms with Gasteiger partial charge in [0, 0.05) is 13.0 Å². The summed E-state index contributed by atoms with van der Waals surface area (Å²) < 4.78 is 12.6. The standard InChI is InChI=1S/C15H21N5O5/c1-7(2)14(23)19-12-9-13(17-5-16-12)20(6-18-9)15-11(24-3)10(22)8(4-21)25-15/h5-8,10-11,15,21-22H,4H2,1-3H3,(H,16,17,19,23)/t8-,10+,11?,15-/m1/s1. The van der Waals surface area contributed by atoms with Crippen molar-refractivity contribution in [2.75, 3.05) is 19.0 Å². The molecule has 10 nitrogen and oxygen atoms in total. The number of nitrogens with one attached hydrogen (secondary N) is 1. The van der Waals surface area contributed by atoms with Crippen molar-refractivity contribution in [1.29, 1.82) is 0 Å². The van der Waals surface area contributed by atoms with Gasteiger partial charge in [0.15, 0.2) is 23.2 Å². The molecule has 0 bridgehead atoms. The van der Waals surface area contributed by atoms with Gasteiger partial charge in [-0.05, 0) is 0 Å². The number of nitrogens with zero attached hydrogens (tertiary/aromatic N) is 4. The van der Waals surface area contributed by atoms with Gasteiger partial charge in [0.1, 0.15) is 24.6 Å². The zero-order valence-corrected chi connectivity index (χ0v) is 14.2. The summed E-state index contributed by atoms with van der Waals surface area (Å²) in [7, 11) is 1.45. The van der Waals surface area contributed by atoms with Crippen molar-refractivity contribution >= 4 is 22.9 Å². The summed E-state index contributed by atoms with van der Waals surface area (Å²) in [4.78, 5) is 24.5. The molecular weight excluding hydrogens is 330 g/mol. The van der Waals surface area contributed by atoms with Gasteiger partial charge in [-0.25, -0.2) is 15.0 Å². The molecule has 3 rings (SSSR count). The number of aliphatic hydroxyl groups excluding tert-OH is 2. The van der Waals surface area contributed by atoms with Gasteiger partial charge < -0.3 is 25.0 Å². The molecule has 3 heterocycles. The molecule has 0 saturated carbocycles. The first-order valence-electron chi connectivity index (χ1n) is 7.93. The molecule has 0 aliphatic carbocycles. The number of methoxy groups -OCH3 is 1. The summed E-state index contributed by atoms with van der Waals surface area (Å²) in [5.74, 6) is -0.0885. The van der Waals surface area contributed by atoms with E-state index >= 15 is 0 Å². The maximum atomic E-state index is 11.9. The topological polar surface area (TPSA) is 132 Å². The Labute approximate surface area is 143 Å². The molecule has 1 saturated heterocycles. The number of rotatable bonds is 5. The number of carbonyl (C=O) groups is 1. The van der Waals surface area contributed by atoms with E-state index < -0.39 is 24.5 Å². The van der Waals surface area contributed by atoms with Crippen molar-refractivity contribution in [3.63, 3.8) is 0 Å². The van der Waals surface area contributed by atoms with Crippen molar-refractivity contribution in [3.8, 4) is 0 Å². The average molecular weight is 351 g/mol. The number of hydrogen-bond acceptors (Lipinski definition) is 8. The Kier molecular flexibility index (Phi) is 4.95. The van der Waals surface area contributed by atoms with E-state index in [-0.39, 0.29) is 18.4 Å². The molecule has 1 fully saturated rings. The number of carbonyl (C=O) groups excluding carboxylic acids is 1. The van der Waals surface area contributed by atoms with E-state index in [1.54, 1.807) is 18.4 Å². The predicted octanol–water partition coefficient (Wildman–Crippen LogP) is -0.314. The van der Waals surface area contributed by atoms with Gasteiger partial charge in [0.2, 0.25) is 5.91 Å². The predicted molar refractivity (Wildman–Crippen MR) is 86.6 cm³/mol. The molecule has 1 aliphatic heterocycles. The van der Waals surface area contributed by atoms with Crippen LogP contribution in [0.4, 0.5) is 5.82 Å². The Balaban J connectivity index is 1.97. The third-order valence-electron chi connectivity index (χ3n) is 4.16. The summed E-state index contributed by atoms with van der Waals surface area (Å²) in [6, 6.07) is 0. The monoisotopic (exact) mass is 351 g/mol. The Morgan fingerprint density at radius 1 is 1.44 bits per heavy atom. The van der Waals surface area contributed by atoms with E-state index in [1.807, 2.05) is 0 Å². The minimum atomic E-state index is -0.987. The van der Waals surface area contributed by atoms with Crippen LogP contribution in [-0.4, -0.2) is 67.7 Å². The zero-order chi connectivity index (χ0) is 18.1. The highest BCUT2D eigenvalue weighted by atomic mass is 16.6. The molecule has 10 heteroatoms. The van der Waals surface area contributed by atoms with E-state index in [2.05, 4.69) is 20.3 Å². The minimum Gasteiger partial charge on any atom is -0.394 e. The summed E-state index contributed by atoms with van der Waals surface area (Å²) in [5.41, 5.74) is 0.823. The van der Waals surface area contributed by atoms with Crippen LogP contribution in [0.5, 0.6) is 0 Å². The largest absolute Gasteiger partial charge is 0.394 e. The number of aromatic nitrogens is 4. The van der Waals surface area contributed by atoms with Crippen molar-refractivity contribution in [1.82, 2.24) is 19.5 Å². The minimum absolute atomic E-state index is 0.183. The summed E-state index contributed by atoms with van der Waals surface area (Å²) >= 11 is 0. The van der Waals surface area contributed by atoms with Gasteiger partial charge in [-0.15, -0.1) is 0 Å². The lowest BCUT2D eigenvalue weighted by molar-refractivity contribution is -0.118. The number of amides is 1. The first kappa shape index (κ1) is 17.7. The number of aliphatic hydroxyl groups is 2. The lowest BCUT2D eigenvalue weighted by atomic mass is 10.1. The van der Waals surface area contributed by atoms with Crippen LogP contribution in [0, 0.1) is 5.92 Å². The van der Waals surface area contributed by atoms with Crippen molar-refractivity contribution in [3.05, 3.63) is 12.7 Å². The van der Waals surface area contributed by atoms with Gasteiger partial charge in [-0.2, -0.15) is 0 Å². The lowest BCUT2D eigenvalue weighted by Crippen LogP contribution is -2.34. The average Bonchev–Trinajstić information content (AvgIpc) is 3.15. The van der Waals surface area contributed by atoms with Crippen LogP contribution >= 0.6 is 0 Å². The van der Waals surface area contributed by atoms with Crippen LogP contribution in [0.1, 0.15) is 20.1 Å². The van der Waals surface area contributed by atoms with Gasteiger partial charge in [0.25, 0.3) is 0 Å². The molecule has 2 aromatic heterocycles. The number of hydrogen-bond donors (Lipinski definition) is 3. The van der Waals surface area contributed by atoms with Crippen LogP contribution < -0.4 is 5.32 Å². The number of fused-ring (bicyclic) bond motifs is 1. The Hall–Kier alpha value is -2.14. The van der Waals surface area contributed by atoms with E-state index in [9.17, 15) is 15.0 Å². The molecule has 0 radical (unpaired) electrons. The molecule has 1 aliphatic rings. The molecule has 1 amide bonds. The van der Waals surface area contributed by atoms with E-state index in [0.717, 1.165) is 0 Å². The van der Waals surface area contributed by atoms with Gasteiger partial charge in [0.05, 0.1) is 12.9 Å². The maximum Gasteiger partial charge on any atom is 0.228 e. The number of anilines is 1. The third-order valence-corrected chi connectivity index (χ3v) is 4.16. The SMILES string of the molecule is COC1[C@@H](O)[C@@H](CO)O[C@H]1n1cnc2c(NC(=O)C(C)C)ncnc21. The van der Waals surface area contributed by atoms with Gasteiger partial charge in [-0.3, -0.25) is 9.36 Å². The maximum absolute atomic E-state index is 11.9. The van der Waals surface area contributed by atoms with Crippen LogP contribution in [0.3, 0.4) is 0 Å². The highest BCUT2D eigenvalue weighted by Crippen LogP contribution is 2.33. The van der Waals surface area contributed by atoms with Gasteiger partial charge >= 0.3 is 0 Å². The van der Waals surface area contributed by atoms with Gasteiger partial charge in [-0.1, -0.05) is 13.8 Å². The van der Waals surface area contributed by atoms with Crippen molar-refractivity contribution in [2.45, 2.75) is 38.4 Å². The van der Waals surface area contributed by atoms with E-state index in [4.69, 9.17) is 9.47 Å². The second-order valence-electron chi connectivity index (χ2n) is 6.13. The Morgan fingerprint density at radius 3 is 2.84 bits per heavy atom. The molecule has 25 heavy (non-hydrogen) atoms. The molecule has 1 unspecified atom stereocenters. The molecule has 0 spiro atoms. The molecule has 2 aromatic rings. The Morgan fingerprint density at radius 2 is 2.20 bits per heavy atom. The molecule has 3 N–H and O–H groups in total. The number of ether oxygens (including phenoxy) is 2. The lowest BCUT2D eigenvalue weighted by Gasteiger charge is -2.19. The fraction of sp³-hybridized carbons (Fsp3) is 0.600. The second-order valence-corrected chi connectivity index (χ2v) is 6.13. The quantitative estimate of drug-likeness (QED) is 0.668. The van der Waals surface area contributed by atoms with E-state index in [0.29, 0.717) is 17.0 Å². The smallest absolute Gasteiger partial charge is 0.228 e. The normalized spacial score (nSPS) is 26.5. The second kappa shape index (κ2) is 7.00. The third kappa shape index (κ3) is 3.09. The van der Waals surface area contributed by atoms with E-state index in [1.165, 1.54) is 19.8 Å². The first-order valence-corrected chi connectivity index (χ1v) is 7.93. The molecule has 0 aromatic carbocycles. The first-order chi connectivity index (χ1) is 12.0. The van der Waals surface area contributed by atoms with Crippen LogP contribution in [0.25, 0.3) is 11.2 Å². The number of imidazole rings is 1. The summed E-state index contributed by atoms with van der Waals surface area (Å²) in [5, 5.41) is 22.2. The van der Waals surface area contributed by atoms with Crippen LogP contribution in [-0.2, 0) is 14.3 Å². The summed E-state index contributed by atoms with van der Waals surface area (Å²) in [6.07, 6.45) is -0.376. The zero-order valence-electron chi connectivity index (χ0n) is 14.2. The fourth-order valence-electron chi connectivity index (χ4n) is 2.74. The van der Waals surface area contributed by atoms with Crippen LogP contribution in [0.2, 0.25) is 0 Å². The highest BCUT2D eigenvalue weighted by molar-refractivity contribution is 5.97. The Bertz CT molecular complexity index is 764. The fourth-order valence-corrected chi connectivity index (χ4v) is 2.74. The van der Waals surface area contributed by atoms with Crippen molar-refractivity contribution in [2.24, 2.45) is 5.92 Å². The molecular formula is C15H21N5O5. The van der Waals surface area contributed by atoms with Crippen molar-refractivity contribution < 1.29 is 24.5 Å². The highest BCUT2D eigenvalue weighted by Gasteiger charge is 2.45. The molecule has 136 valence electrons. The van der Waals surface area contributed by atoms with Crippen LogP contribution in [0.15, 0.2) is 12.7 Å². The summed E-state index contributed by atoms with van der Waals surface area (Å²) in [6.45, 7) is 3.21.